The second kappa shape index (κ2) is 6.51. The molecule has 110 valence electrons. The minimum Gasteiger partial charge on any atom is -0.465 e. The van der Waals surface area contributed by atoms with Crippen LogP contribution in [-0.4, -0.2) is 29.0 Å². The number of amides is 1. The number of rotatable bonds is 4. The van der Waals surface area contributed by atoms with E-state index in [1.807, 2.05) is 0 Å². The second-order valence-electron chi connectivity index (χ2n) is 3.88. The third kappa shape index (κ3) is 3.67. The third-order valence-electron chi connectivity index (χ3n) is 2.47. The maximum absolute atomic E-state index is 11.9. The van der Waals surface area contributed by atoms with Crippen molar-refractivity contribution in [1.82, 2.24) is 15.3 Å². The number of carbonyl (C=O) groups is 2. The van der Waals surface area contributed by atoms with Gasteiger partial charge in [-0.15, -0.1) is 11.3 Å². The highest BCUT2D eigenvalue weighted by Crippen LogP contribution is 2.17. The van der Waals surface area contributed by atoms with E-state index in [0.717, 1.165) is 11.3 Å². The highest BCUT2D eigenvalue weighted by atomic mass is 35.5. The van der Waals surface area contributed by atoms with E-state index in [4.69, 9.17) is 17.3 Å². The van der Waals surface area contributed by atoms with Gasteiger partial charge in [0.1, 0.15) is 15.7 Å². The monoisotopic (exact) mass is 326 g/mol. The zero-order valence-corrected chi connectivity index (χ0v) is 12.5. The Morgan fingerprint density at radius 2 is 2.19 bits per heavy atom. The Hall–Kier alpha value is -2.19. The van der Waals surface area contributed by atoms with E-state index in [-0.39, 0.29) is 23.3 Å². The van der Waals surface area contributed by atoms with Crippen LogP contribution in [0.15, 0.2) is 18.5 Å². The summed E-state index contributed by atoms with van der Waals surface area (Å²) >= 11 is 6.95. The molecule has 0 aromatic carbocycles. The molecule has 0 saturated carbocycles. The van der Waals surface area contributed by atoms with E-state index in [2.05, 4.69) is 20.0 Å². The summed E-state index contributed by atoms with van der Waals surface area (Å²) in [5.74, 6) is -0.658. The lowest BCUT2D eigenvalue weighted by Crippen LogP contribution is -2.23. The van der Waals surface area contributed by atoms with E-state index < -0.39 is 5.97 Å². The van der Waals surface area contributed by atoms with Crippen molar-refractivity contribution in [2.24, 2.45) is 0 Å². The Kier molecular flexibility index (Phi) is 4.71. The van der Waals surface area contributed by atoms with Gasteiger partial charge < -0.3 is 15.8 Å². The number of esters is 1. The minimum atomic E-state index is -0.459. The minimum absolute atomic E-state index is 0.163. The van der Waals surface area contributed by atoms with Crippen LogP contribution in [0, 0.1) is 0 Å². The lowest BCUT2D eigenvalue weighted by Gasteiger charge is -2.04. The molecule has 2 aromatic heterocycles. The van der Waals surface area contributed by atoms with Crippen molar-refractivity contribution in [2.75, 3.05) is 12.8 Å². The summed E-state index contributed by atoms with van der Waals surface area (Å²) in [6, 6.07) is 1.43. The molecule has 0 aliphatic carbocycles. The zero-order chi connectivity index (χ0) is 15.4. The van der Waals surface area contributed by atoms with Crippen molar-refractivity contribution in [2.45, 2.75) is 6.54 Å². The first-order valence-corrected chi connectivity index (χ1v) is 6.93. The maximum Gasteiger partial charge on any atom is 0.349 e. The fraction of sp³-hybridized carbons (Fsp3) is 0.167. The van der Waals surface area contributed by atoms with Gasteiger partial charge >= 0.3 is 5.97 Å². The molecule has 3 N–H and O–H groups in total. The van der Waals surface area contributed by atoms with Gasteiger partial charge in [-0.2, -0.15) is 0 Å². The fourth-order valence-electron chi connectivity index (χ4n) is 1.42. The molecule has 0 unspecified atom stereocenters. The molecule has 0 radical (unpaired) electrons. The van der Waals surface area contributed by atoms with Gasteiger partial charge in [-0.3, -0.25) is 4.79 Å². The van der Waals surface area contributed by atoms with Crippen LogP contribution in [0.25, 0.3) is 0 Å². The van der Waals surface area contributed by atoms with Crippen LogP contribution in [0.4, 0.5) is 5.82 Å². The molecule has 0 aliphatic rings. The highest BCUT2D eigenvalue weighted by Gasteiger charge is 2.12. The number of carbonyl (C=O) groups excluding carboxylic acids is 2. The summed E-state index contributed by atoms with van der Waals surface area (Å²) in [6.07, 6.45) is 2.73. The molecule has 21 heavy (non-hydrogen) atoms. The molecular formula is C12H11ClN4O3S. The van der Waals surface area contributed by atoms with Crippen LogP contribution in [0.1, 0.15) is 25.0 Å². The van der Waals surface area contributed by atoms with Crippen LogP contribution >= 0.6 is 22.9 Å². The summed E-state index contributed by atoms with van der Waals surface area (Å²) < 4.78 is 4.58. The summed E-state index contributed by atoms with van der Waals surface area (Å²) in [5.41, 5.74) is 5.76. The number of anilines is 1. The van der Waals surface area contributed by atoms with Gasteiger partial charge in [-0.1, -0.05) is 11.6 Å². The fourth-order valence-corrected chi connectivity index (χ4v) is 2.36. The van der Waals surface area contributed by atoms with Crippen molar-refractivity contribution in [1.29, 1.82) is 0 Å². The van der Waals surface area contributed by atoms with Crippen LogP contribution < -0.4 is 11.1 Å². The number of nitrogens with one attached hydrogen (secondary N) is 1. The number of thiazole rings is 1. The lowest BCUT2D eigenvalue weighted by atomic mass is 10.2. The Morgan fingerprint density at radius 1 is 1.43 bits per heavy atom. The molecule has 0 saturated heterocycles. The summed E-state index contributed by atoms with van der Waals surface area (Å²) in [6.45, 7) is 0.183. The average molecular weight is 327 g/mol. The molecule has 0 spiro atoms. The van der Waals surface area contributed by atoms with Crippen LogP contribution in [0.3, 0.4) is 0 Å². The van der Waals surface area contributed by atoms with Crippen LogP contribution in [0.5, 0.6) is 0 Å². The topological polar surface area (TPSA) is 107 Å². The van der Waals surface area contributed by atoms with Crippen molar-refractivity contribution in [3.63, 3.8) is 0 Å². The first-order chi connectivity index (χ1) is 10.0. The normalized spacial score (nSPS) is 10.2. The number of aromatic nitrogens is 2. The molecule has 2 rings (SSSR count). The second-order valence-corrected chi connectivity index (χ2v) is 5.41. The number of ether oxygens (including phenoxy) is 1. The largest absolute Gasteiger partial charge is 0.465 e. The number of nitrogens with zero attached hydrogens (tertiary/aromatic N) is 2. The number of halogens is 1. The summed E-state index contributed by atoms with van der Waals surface area (Å²) in [7, 11) is 1.29. The quantitative estimate of drug-likeness (QED) is 0.824. The Balaban J connectivity index is 1.99. The highest BCUT2D eigenvalue weighted by molar-refractivity contribution is 7.13. The van der Waals surface area contributed by atoms with E-state index in [0.29, 0.717) is 15.4 Å². The van der Waals surface area contributed by atoms with Crippen molar-refractivity contribution in [3.05, 3.63) is 38.9 Å². The molecule has 9 heteroatoms. The molecule has 1 amide bonds. The number of hydrogen-bond donors (Lipinski definition) is 2. The van der Waals surface area contributed by atoms with Crippen molar-refractivity contribution >= 4 is 40.6 Å². The van der Waals surface area contributed by atoms with Crippen LogP contribution in [-0.2, 0) is 11.3 Å². The third-order valence-corrected chi connectivity index (χ3v) is 3.75. The van der Waals surface area contributed by atoms with Crippen molar-refractivity contribution in [3.8, 4) is 0 Å². The maximum atomic E-state index is 11.9. The van der Waals surface area contributed by atoms with Crippen LogP contribution in [0.2, 0.25) is 5.02 Å². The zero-order valence-electron chi connectivity index (χ0n) is 10.9. The molecule has 2 heterocycles. The number of nitrogens with two attached hydrogens (primary N) is 1. The molecule has 2 aromatic rings. The van der Waals surface area contributed by atoms with Gasteiger partial charge in [0.05, 0.1) is 30.4 Å². The van der Waals surface area contributed by atoms with E-state index in [9.17, 15) is 9.59 Å². The Bertz CT molecular complexity index is 689. The lowest BCUT2D eigenvalue weighted by molar-refractivity contribution is 0.0606. The van der Waals surface area contributed by atoms with Gasteiger partial charge in [0, 0.05) is 6.20 Å². The van der Waals surface area contributed by atoms with E-state index in [1.165, 1.54) is 25.6 Å². The molecular weight excluding hydrogens is 316 g/mol. The van der Waals surface area contributed by atoms with Gasteiger partial charge in [0.25, 0.3) is 5.91 Å². The standard InChI is InChI=1S/C12H11ClN4O3S/c1-20-12(19)8-4-15-9(21-8)5-17-11(18)6-2-7(13)10(14)16-3-6/h2-4H,5H2,1H3,(H2,14,16)(H,17,18). The molecule has 0 atom stereocenters. The molecule has 0 bridgehead atoms. The summed E-state index contributed by atoms with van der Waals surface area (Å²) in [5, 5.41) is 3.44. The number of pyridine rings is 1. The number of hydrogen-bond acceptors (Lipinski definition) is 7. The van der Waals surface area contributed by atoms with E-state index in [1.54, 1.807) is 0 Å². The molecule has 0 fully saturated rings. The first kappa shape index (κ1) is 15.2. The number of methoxy groups -OCH3 is 1. The predicted octanol–water partition coefficient (Wildman–Crippen LogP) is 1.49. The summed E-state index contributed by atoms with van der Waals surface area (Å²) in [4.78, 5) is 31.4. The van der Waals surface area contributed by atoms with Crippen molar-refractivity contribution < 1.29 is 14.3 Å². The van der Waals surface area contributed by atoms with E-state index >= 15 is 0 Å². The number of nitrogen functional groups attached to an aromatic ring is 1. The smallest absolute Gasteiger partial charge is 0.349 e. The van der Waals surface area contributed by atoms with Gasteiger partial charge in [0.2, 0.25) is 0 Å². The predicted molar refractivity (Wildman–Crippen MR) is 78.3 cm³/mol. The molecule has 0 aliphatic heterocycles. The first-order valence-electron chi connectivity index (χ1n) is 5.73. The average Bonchev–Trinajstić information content (AvgIpc) is 2.95. The van der Waals surface area contributed by atoms with Gasteiger partial charge in [-0.05, 0) is 6.07 Å². The Labute approximate surface area is 129 Å². The molecule has 7 nitrogen and oxygen atoms in total. The van der Waals surface area contributed by atoms with Gasteiger partial charge in [-0.25, -0.2) is 14.8 Å². The van der Waals surface area contributed by atoms with Gasteiger partial charge in [0.15, 0.2) is 0 Å². The Morgan fingerprint density at radius 3 is 2.86 bits per heavy atom. The SMILES string of the molecule is COC(=O)c1cnc(CNC(=O)c2cnc(N)c(Cl)c2)s1.